The highest BCUT2D eigenvalue weighted by Gasteiger charge is 2.21. The molecular formula is C18H17NO2. The number of carbonyl (C=O) groups excluding carboxylic acids is 1. The number of amides is 1. The number of furan rings is 1. The minimum absolute atomic E-state index is 0.0106. The molecule has 106 valence electrons. The Bertz CT molecular complexity index is 728. The molecular weight excluding hydrogens is 262 g/mol. The molecule has 3 nitrogen and oxygen atoms in total. The van der Waals surface area contributed by atoms with Crippen molar-refractivity contribution in [2.24, 2.45) is 0 Å². The van der Waals surface area contributed by atoms with Crippen LogP contribution in [0.4, 0.5) is 0 Å². The van der Waals surface area contributed by atoms with E-state index in [1.54, 1.807) is 11.9 Å². The van der Waals surface area contributed by atoms with Crippen molar-refractivity contribution in [1.82, 2.24) is 4.90 Å². The van der Waals surface area contributed by atoms with Crippen LogP contribution < -0.4 is 0 Å². The number of hydrogen-bond acceptors (Lipinski definition) is 2. The highest BCUT2D eigenvalue weighted by atomic mass is 16.3. The molecule has 1 atom stereocenters. The molecule has 0 aliphatic carbocycles. The van der Waals surface area contributed by atoms with Crippen LogP contribution in [0.1, 0.15) is 29.1 Å². The van der Waals surface area contributed by atoms with Crippen LogP contribution in [-0.2, 0) is 0 Å². The fourth-order valence-corrected chi connectivity index (χ4v) is 2.36. The zero-order chi connectivity index (χ0) is 14.8. The SMILES string of the molecule is CC(c1cc2ccccc2o1)N(C)C(=O)c1ccccc1. The third-order valence-electron chi connectivity index (χ3n) is 3.78. The molecule has 0 bridgehead atoms. The standard InChI is InChI=1S/C18H17NO2/c1-13(17-12-15-10-6-7-11-16(15)21-17)19(2)18(20)14-8-4-3-5-9-14/h3-13H,1-2H3. The van der Waals surface area contributed by atoms with Gasteiger partial charge in [0.1, 0.15) is 11.3 Å². The first-order valence-electron chi connectivity index (χ1n) is 6.97. The van der Waals surface area contributed by atoms with Crippen LogP contribution in [0.25, 0.3) is 11.0 Å². The second-order valence-electron chi connectivity index (χ2n) is 5.14. The molecule has 0 saturated heterocycles. The fourth-order valence-electron chi connectivity index (χ4n) is 2.36. The molecule has 3 aromatic rings. The molecule has 2 aromatic carbocycles. The van der Waals surface area contributed by atoms with Gasteiger partial charge in [-0.1, -0.05) is 36.4 Å². The zero-order valence-electron chi connectivity index (χ0n) is 12.1. The maximum Gasteiger partial charge on any atom is 0.254 e. The van der Waals surface area contributed by atoms with Crippen LogP contribution in [0.2, 0.25) is 0 Å². The molecule has 0 aliphatic heterocycles. The predicted molar refractivity (Wildman–Crippen MR) is 83.2 cm³/mol. The average Bonchev–Trinajstić information content (AvgIpc) is 2.97. The summed E-state index contributed by atoms with van der Waals surface area (Å²) in [6, 6.07) is 19.0. The maximum atomic E-state index is 12.5. The normalized spacial score (nSPS) is 12.3. The summed E-state index contributed by atoms with van der Waals surface area (Å²) < 4.78 is 5.84. The van der Waals surface area contributed by atoms with E-state index in [-0.39, 0.29) is 11.9 Å². The van der Waals surface area contributed by atoms with Crippen LogP contribution in [0.15, 0.2) is 65.1 Å². The summed E-state index contributed by atoms with van der Waals surface area (Å²) in [7, 11) is 1.80. The van der Waals surface area contributed by atoms with Gasteiger partial charge in [-0.3, -0.25) is 4.79 Å². The lowest BCUT2D eigenvalue weighted by Crippen LogP contribution is -2.29. The van der Waals surface area contributed by atoms with E-state index in [2.05, 4.69) is 0 Å². The zero-order valence-corrected chi connectivity index (χ0v) is 12.1. The van der Waals surface area contributed by atoms with Crippen molar-refractivity contribution in [3.8, 4) is 0 Å². The van der Waals surface area contributed by atoms with Crippen LogP contribution in [0.3, 0.4) is 0 Å². The van der Waals surface area contributed by atoms with Gasteiger partial charge in [0, 0.05) is 18.0 Å². The topological polar surface area (TPSA) is 33.5 Å². The third kappa shape index (κ3) is 2.55. The highest BCUT2D eigenvalue weighted by molar-refractivity contribution is 5.94. The Labute approximate surface area is 123 Å². The van der Waals surface area contributed by atoms with Gasteiger partial charge in [0.15, 0.2) is 0 Å². The Hall–Kier alpha value is -2.55. The Morgan fingerprint density at radius 2 is 1.71 bits per heavy atom. The van der Waals surface area contributed by atoms with Crippen LogP contribution in [0.5, 0.6) is 0 Å². The van der Waals surface area contributed by atoms with E-state index in [1.807, 2.05) is 67.6 Å². The highest BCUT2D eigenvalue weighted by Crippen LogP contribution is 2.27. The molecule has 1 aromatic heterocycles. The first kappa shape index (κ1) is 13.4. The molecule has 21 heavy (non-hydrogen) atoms. The van der Waals surface area contributed by atoms with Crippen molar-refractivity contribution in [2.75, 3.05) is 7.05 Å². The van der Waals surface area contributed by atoms with Crippen molar-refractivity contribution < 1.29 is 9.21 Å². The molecule has 3 heteroatoms. The minimum Gasteiger partial charge on any atom is -0.459 e. The van der Waals surface area contributed by atoms with Gasteiger partial charge in [0.05, 0.1) is 6.04 Å². The van der Waals surface area contributed by atoms with Crippen molar-refractivity contribution in [3.63, 3.8) is 0 Å². The minimum atomic E-state index is -0.120. The number of para-hydroxylation sites is 1. The number of rotatable bonds is 3. The number of nitrogens with zero attached hydrogens (tertiary/aromatic N) is 1. The number of carbonyl (C=O) groups is 1. The number of hydrogen-bond donors (Lipinski definition) is 0. The molecule has 3 rings (SSSR count). The largest absolute Gasteiger partial charge is 0.459 e. The van der Waals surface area contributed by atoms with E-state index < -0.39 is 0 Å². The van der Waals surface area contributed by atoms with E-state index in [1.165, 1.54) is 0 Å². The summed E-state index contributed by atoms with van der Waals surface area (Å²) in [4.78, 5) is 14.2. The van der Waals surface area contributed by atoms with E-state index in [9.17, 15) is 4.79 Å². The Morgan fingerprint density at radius 1 is 1.05 bits per heavy atom. The molecule has 0 aliphatic rings. The lowest BCUT2D eigenvalue weighted by molar-refractivity contribution is 0.0727. The van der Waals surface area contributed by atoms with E-state index in [0.29, 0.717) is 5.56 Å². The predicted octanol–water partition coefficient (Wildman–Crippen LogP) is 4.27. The summed E-state index contributed by atoms with van der Waals surface area (Å²) in [5.41, 5.74) is 1.53. The van der Waals surface area contributed by atoms with Gasteiger partial charge in [-0.05, 0) is 31.2 Å². The van der Waals surface area contributed by atoms with Crippen LogP contribution in [-0.4, -0.2) is 17.9 Å². The van der Waals surface area contributed by atoms with E-state index in [0.717, 1.165) is 16.7 Å². The molecule has 1 amide bonds. The number of fused-ring (bicyclic) bond motifs is 1. The van der Waals surface area contributed by atoms with Gasteiger partial charge in [0.25, 0.3) is 5.91 Å². The van der Waals surface area contributed by atoms with Crippen LogP contribution in [0, 0.1) is 0 Å². The van der Waals surface area contributed by atoms with Gasteiger partial charge in [0.2, 0.25) is 0 Å². The molecule has 1 unspecified atom stereocenters. The van der Waals surface area contributed by atoms with E-state index >= 15 is 0 Å². The molecule has 0 saturated carbocycles. The second kappa shape index (κ2) is 5.44. The Kier molecular flexibility index (Phi) is 3.48. The maximum absolute atomic E-state index is 12.5. The summed E-state index contributed by atoms with van der Waals surface area (Å²) in [5, 5.41) is 1.06. The monoisotopic (exact) mass is 279 g/mol. The van der Waals surface area contributed by atoms with Crippen molar-refractivity contribution in [2.45, 2.75) is 13.0 Å². The lowest BCUT2D eigenvalue weighted by atomic mass is 10.1. The summed E-state index contributed by atoms with van der Waals surface area (Å²) >= 11 is 0. The van der Waals surface area contributed by atoms with Gasteiger partial charge in [-0.25, -0.2) is 0 Å². The number of benzene rings is 2. The van der Waals surface area contributed by atoms with Crippen molar-refractivity contribution in [3.05, 3.63) is 72.0 Å². The Balaban J connectivity index is 1.87. The summed E-state index contributed by atoms with van der Waals surface area (Å²) in [5.74, 6) is 0.784. The average molecular weight is 279 g/mol. The first-order valence-corrected chi connectivity index (χ1v) is 6.97. The second-order valence-corrected chi connectivity index (χ2v) is 5.14. The molecule has 0 N–H and O–H groups in total. The smallest absolute Gasteiger partial charge is 0.254 e. The van der Waals surface area contributed by atoms with Gasteiger partial charge in [-0.15, -0.1) is 0 Å². The molecule has 0 radical (unpaired) electrons. The molecule has 0 spiro atoms. The lowest BCUT2D eigenvalue weighted by Gasteiger charge is -2.23. The first-order chi connectivity index (χ1) is 10.2. The Morgan fingerprint density at radius 3 is 2.43 bits per heavy atom. The van der Waals surface area contributed by atoms with Crippen molar-refractivity contribution >= 4 is 16.9 Å². The quantitative estimate of drug-likeness (QED) is 0.717. The van der Waals surface area contributed by atoms with Gasteiger partial charge in [-0.2, -0.15) is 0 Å². The van der Waals surface area contributed by atoms with Crippen molar-refractivity contribution in [1.29, 1.82) is 0 Å². The summed E-state index contributed by atoms with van der Waals surface area (Å²) in [6.07, 6.45) is 0. The van der Waals surface area contributed by atoms with Gasteiger partial charge >= 0.3 is 0 Å². The van der Waals surface area contributed by atoms with Crippen LogP contribution >= 0.6 is 0 Å². The third-order valence-corrected chi connectivity index (χ3v) is 3.78. The summed E-state index contributed by atoms with van der Waals surface area (Å²) in [6.45, 7) is 1.97. The molecule has 1 heterocycles. The molecule has 0 fully saturated rings. The van der Waals surface area contributed by atoms with E-state index in [4.69, 9.17) is 4.42 Å². The van der Waals surface area contributed by atoms with Gasteiger partial charge < -0.3 is 9.32 Å². The fraction of sp³-hybridized carbons (Fsp3) is 0.167.